The second-order valence-electron chi connectivity index (χ2n) is 35.0. The molecular weight excluding hydrogens is 1950 g/mol. The van der Waals surface area contributed by atoms with E-state index in [2.05, 4.69) is 86.0 Å². The number of halogens is 2. The van der Waals surface area contributed by atoms with Gasteiger partial charge in [0.15, 0.2) is 12.4 Å². The molecule has 0 aliphatic heterocycles. The van der Waals surface area contributed by atoms with Crippen molar-refractivity contribution in [2.45, 2.75) is 161 Å². The number of esters is 5. The average Bonchev–Trinajstić information content (AvgIpc) is 1.39. The molecule has 6 aliphatic carbocycles. The SMILES string of the molecule is CCOC(=O)c1cc(C#N)c2ncc(C3CC3)cc2c1.CCOC(=O)c1cc(C)c2c(c1)cc(C1CC1)c[n+]2[O-].CCOC(=O)c1ccc2c(c1)cc(C1CC1)c[n+]2[O-].CCOC(=O)c1ccc2ncc(Br)cc2c1.CCOC(=O)c1ccc2ncc(C3CC3)cc2c1.N#Cc1cc(CO)cc2cc(C3CC3)cnc12.O=C(O)c1ccc2ncc(Br)cc2c1.O=C(O)c1ccc2ncccc2c1.OB(O)C1CC1. The van der Waals surface area contributed by atoms with Crippen LogP contribution in [0, 0.1) is 40.0 Å². The molecule has 8 aromatic heterocycles. The molecule has 6 fully saturated rings. The lowest BCUT2D eigenvalue weighted by atomic mass is 9.84. The van der Waals surface area contributed by atoms with Crippen LogP contribution in [0.25, 0.3) is 87.2 Å². The Morgan fingerprint density at radius 1 is 0.385 bits per heavy atom. The van der Waals surface area contributed by atoms with E-state index >= 15 is 0 Å². The summed E-state index contributed by atoms with van der Waals surface area (Å²) in [5, 5.41) is 92.6. The minimum Gasteiger partial charge on any atom is -0.618 e. The van der Waals surface area contributed by atoms with Crippen molar-refractivity contribution >= 4 is 168 Å². The van der Waals surface area contributed by atoms with Crippen LogP contribution in [0.3, 0.4) is 0 Å². The second-order valence-corrected chi connectivity index (χ2v) is 36.8. The van der Waals surface area contributed by atoms with E-state index in [4.69, 9.17) is 49.2 Å². The Kier molecular flexibility index (Phi) is 35.0. The van der Waals surface area contributed by atoms with Gasteiger partial charge in [0, 0.05) is 112 Å². The molecule has 6 aliphatic rings. The normalized spacial score (nSPS) is 13.5. The number of hydrogen-bond acceptors (Lipinski definition) is 25. The number of rotatable bonds is 19. The van der Waals surface area contributed by atoms with E-state index in [1.807, 2.05) is 93.1 Å². The van der Waals surface area contributed by atoms with Gasteiger partial charge in [-0.1, -0.05) is 18.9 Å². The number of aliphatic hydroxyl groups is 1. The summed E-state index contributed by atoms with van der Waals surface area (Å²) in [7, 11) is -1.04. The van der Waals surface area contributed by atoms with Gasteiger partial charge in [-0.2, -0.15) is 20.0 Å². The van der Waals surface area contributed by atoms with E-state index in [1.54, 1.807) is 168 Å². The fraction of sp³-hybridized carbons (Fsp3) is 0.270. The van der Waals surface area contributed by atoms with E-state index in [9.17, 15) is 54.3 Å². The van der Waals surface area contributed by atoms with Gasteiger partial charge in [-0.25, -0.2) is 33.6 Å². The summed E-state index contributed by atoms with van der Waals surface area (Å²) in [6, 6.07) is 57.9. The molecule has 16 aromatic rings. The summed E-state index contributed by atoms with van der Waals surface area (Å²) in [4.78, 5) is 106. The molecule has 0 bridgehead atoms. The highest BCUT2D eigenvalue weighted by molar-refractivity contribution is 9.10. The first-order valence-electron chi connectivity index (χ1n) is 47.2. The molecule has 0 radical (unpaired) electrons. The summed E-state index contributed by atoms with van der Waals surface area (Å²) in [5.41, 5.74) is 17.4. The molecule has 0 unspecified atom stereocenters. The number of pyridine rings is 8. The van der Waals surface area contributed by atoms with Crippen LogP contribution < -0.4 is 9.46 Å². The molecule has 0 saturated heterocycles. The highest BCUT2D eigenvalue weighted by atomic mass is 79.9. The molecule has 0 spiro atoms. The number of carbonyl (C=O) groups is 7. The van der Waals surface area contributed by atoms with Gasteiger partial charge in [0.25, 0.3) is 0 Å². The van der Waals surface area contributed by atoms with Crippen molar-refractivity contribution < 1.29 is 92.1 Å². The van der Waals surface area contributed by atoms with Crippen molar-refractivity contribution in [3.05, 3.63) is 340 Å². The van der Waals surface area contributed by atoms with Crippen molar-refractivity contribution in [2.75, 3.05) is 33.0 Å². The number of carbonyl (C=O) groups excluding carboxylic acids is 5. The average molecular weight is 2050 g/mol. The zero-order valence-corrected chi connectivity index (χ0v) is 82.6. The Labute approximate surface area is 840 Å². The van der Waals surface area contributed by atoms with Crippen LogP contribution in [-0.4, -0.2) is 137 Å². The first-order chi connectivity index (χ1) is 69.0. The first-order valence-corrected chi connectivity index (χ1v) is 48.8. The Bertz CT molecular complexity index is 7590. The van der Waals surface area contributed by atoms with Gasteiger partial charge in [0.2, 0.25) is 11.0 Å². The number of nitriles is 2. The Balaban J connectivity index is 0.000000129. The predicted octanol–water partition coefficient (Wildman–Crippen LogP) is 21.7. The maximum Gasteiger partial charge on any atom is 0.454 e. The third-order valence-corrected chi connectivity index (χ3v) is 24.9. The van der Waals surface area contributed by atoms with Crippen LogP contribution in [0.1, 0.15) is 264 Å². The van der Waals surface area contributed by atoms with Gasteiger partial charge in [-0.3, -0.25) is 29.9 Å². The van der Waals surface area contributed by atoms with Gasteiger partial charge in [-0.15, -0.1) is 0 Å². The van der Waals surface area contributed by atoms with Crippen LogP contribution >= 0.6 is 31.9 Å². The summed E-state index contributed by atoms with van der Waals surface area (Å²) >= 11 is 6.63. The zero-order chi connectivity index (χ0) is 102. The highest BCUT2D eigenvalue weighted by Gasteiger charge is 2.34. The summed E-state index contributed by atoms with van der Waals surface area (Å²) in [5.74, 6) is -0.356. The van der Waals surface area contributed by atoms with E-state index in [0.717, 1.165) is 150 Å². The molecule has 0 amide bonds. The molecule has 8 heterocycles. The number of fused-ring (bicyclic) bond motifs is 8. The lowest BCUT2D eigenvalue weighted by Crippen LogP contribution is -2.28. The van der Waals surface area contributed by atoms with Gasteiger partial charge in [-0.05, 0) is 365 Å². The second kappa shape index (κ2) is 48.3. The molecule has 6 saturated carbocycles. The Morgan fingerprint density at radius 3 is 1.17 bits per heavy atom. The molecule has 8 aromatic carbocycles. The van der Waals surface area contributed by atoms with E-state index in [-0.39, 0.29) is 41.9 Å². The third kappa shape index (κ3) is 28.2. The summed E-state index contributed by atoms with van der Waals surface area (Å²) < 4.78 is 28.5. The van der Waals surface area contributed by atoms with Crippen LogP contribution in [-0.2, 0) is 30.3 Å². The monoisotopic (exact) mass is 2050 g/mol. The number of aliphatic hydroxyl groups excluding tert-OH is 1. The van der Waals surface area contributed by atoms with Gasteiger partial charge in [0.05, 0.1) is 123 Å². The number of aromatic nitrogens is 8. The minimum atomic E-state index is -1.04. The Morgan fingerprint density at radius 2 is 0.734 bits per heavy atom. The minimum absolute atomic E-state index is 0.0434. The van der Waals surface area contributed by atoms with Crippen molar-refractivity contribution in [2.24, 2.45) is 0 Å². The number of ether oxygens (including phenoxy) is 5. The molecular formula is C111H103BBr2N10O19. The standard InChI is InChI=1S/C16H14N2O2.C16H17NO3.C15H15NO3.C15H15NO2.C14H12N2O.C12H10BrNO2.C10H6BrNO2.C10H7NO2.C3H7BO2/c1-2-20-16(19)12-5-11-6-14(10-3-4-10)9-18-15(11)13(7-12)8-17;1-3-20-16(18)13-6-10(2)15-12(7-13)8-14(9-17(15)19)11-4-5-11;1-2-19-15(17)11-5-6-14-12(7-11)8-13(9-16(14)18)10-3-4-10;1-2-18-15(17)11-5-6-14-12(7-11)8-13(9-16-14)10-3-4-10;15-6-12-4-9(8-17)3-11-5-13(10-1-2-10)7-16-14(11)12;1-2-16-12(15)8-3-4-11-9(5-8)6-10(13)7-14-11;11-8-4-7-3-6(10(13)14)1-2-9(7)12-5-8;12-10(13)8-3-4-9-7(6-8)2-1-5-11-9;5-4(6)3-1-2-3/h5-7,9-10H,2-4H2,1H3;6-9,11H,3-5H2,1-2H3;5-10H,2-4H2,1H3;5-10H,2-4H2,1H3;3-5,7,10,17H,1-2,8H2;3-7H,2H2,1H3;1-5H,(H,13,14);1-6H,(H,12,13);3,5-6H,1-2H2. The number of carboxylic acid groups (broad SMARTS) is 2. The highest BCUT2D eigenvalue weighted by Crippen LogP contribution is 2.45. The smallest absolute Gasteiger partial charge is 0.454 e. The molecule has 5 N–H and O–H groups in total. The van der Waals surface area contributed by atoms with Crippen molar-refractivity contribution in [3.63, 3.8) is 0 Å². The maximum atomic E-state index is 12.2. The van der Waals surface area contributed by atoms with Gasteiger partial charge >= 0.3 is 48.9 Å². The number of carboxylic acids is 2. The molecule has 0 atom stereocenters. The largest absolute Gasteiger partial charge is 0.618 e. The molecule has 29 nitrogen and oxygen atoms in total. The third-order valence-electron chi connectivity index (χ3n) is 24.0. The number of aromatic carboxylic acids is 2. The lowest BCUT2D eigenvalue weighted by molar-refractivity contribution is -0.577. The van der Waals surface area contributed by atoms with E-state index in [0.29, 0.717) is 124 Å². The predicted molar refractivity (Wildman–Crippen MR) is 549 cm³/mol. The number of nitrogens with zero attached hydrogens (tertiary/aromatic N) is 10. The van der Waals surface area contributed by atoms with Crippen LogP contribution in [0.2, 0.25) is 5.82 Å². The van der Waals surface area contributed by atoms with Crippen LogP contribution in [0.5, 0.6) is 0 Å². The lowest BCUT2D eigenvalue weighted by Gasteiger charge is -2.09. The fourth-order valence-corrected chi connectivity index (χ4v) is 16.5. The van der Waals surface area contributed by atoms with Gasteiger partial charge < -0.3 is 59.5 Å². The van der Waals surface area contributed by atoms with E-state index < -0.39 is 25.0 Å². The quantitative estimate of drug-likeness (QED) is 0.0165. The first kappa shape index (κ1) is 104. The molecule has 143 heavy (non-hydrogen) atoms. The zero-order valence-electron chi connectivity index (χ0n) is 79.4. The van der Waals surface area contributed by atoms with Crippen molar-refractivity contribution in [1.82, 2.24) is 29.9 Å². The molecule has 728 valence electrons. The van der Waals surface area contributed by atoms with Gasteiger partial charge in [0.1, 0.15) is 12.1 Å². The number of aryl methyl sites for hydroxylation is 1. The summed E-state index contributed by atoms with van der Waals surface area (Å²) in [6.07, 6.45) is 28.0. The summed E-state index contributed by atoms with van der Waals surface area (Å²) in [6.45, 7) is 12.5. The maximum absolute atomic E-state index is 12.2. The molecule has 22 rings (SSSR count). The van der Waals surface area contributed by atoms with E-state index in [1.165, 1.54) is 55.2 Å². The Hall–Kier alpha value is -15.2. The molecule has 32 heteroatoms. The fourth-order valence-electron chi connectivity index (χ4n) is 15.8. The van der Waals surface area contributed by atoms with Crippen LogP contribution in [0.4, 0.5) is 0 Å². The number of benzene rings is 8. The topological polar surface area (TPSA) is 446 Å². The van der Waals surface area contributed by atoms with Crippen molar-refractivity contribution in [1.29, 1.82) is 10.5 Å². The van der Waals surface area contributed by atoms with Crippen LogP contribution in [0.15, 0.2) is 241 Å². The van der Waals surface area contributed by atoms with Crippen molar-refractivity contribution in [3.8, 4) is 12.1 Å². The number of hydrogen-bond donors (Lipinski definition) is 5.